The van der Waals surface area contributed by atoms with E-state index in [-0.39, 0.29) is 12.8 Å². The van der Waals surface area contributed by atoms with E-state index in [0.717, 1.165) is 35.7 Å². The molecule has 1 unspecified atom stereocenters. The number of anilines is 1. The van der Waals surface area contributed by atoms with Gasteiger partial charge in [-0.3, -0.25) is 0 Å². The van der Waals surface area contributed by atoms with Crippen LogP contribution in [0.1, 0.15) is 17.2 Å². The van der Waals surface area contributed by atoms with Crippen molar-refractivity contribution in [3.8, 4) is 17.6 Å². The lowest BCUT2D eigenvalue weighted by atomic mass is 9.92. The lowest BCUT2D eigenvalue weighted by Crippen LogP contribution is -2.34. The van der Waals surface area contributed by atoms with Crippen LogP contribution in [0.5, 0.6) is 11.5 Å². The molecule has 0 saturated carbocycles. The van der Waals surface area contributed by atoms with Gasteiger partial charge in [0, 0.05) is 12.2 Å². The molecule has 0 bridgehead atoms. The van der Waals surface area contributed by atoms with Crippen LogP contribution in [-0.4, -0.2) is 13.3 Å². The molecule has 104 valence electrons. The molecule has 0 spiro atoms. The predicted molar refractivity (Wildman–Crippen MR) is 78.4 cm³/mol. The molecule has 2 aliphatic heterocycles. The summed E-state index contributed by atoms with van der Waals surface area (Å²) in [5.74, 6) is 1.53. The Labute approximate surface area is 123 Å². The van der Waals surface area contributed by atoms with Gasteiger partial charge in [0.25, 0.3) is 0 Å². The molecule has 0 fully saturated rings. The zero-order valence-electron chi connectivity index (χ0n) is 11.5. The van der Waals surface area contributed by atoms with Crippen LogP contribution in [0.3, 0.4) is 0 Å². The van der Waals surface area contributed by atoms with Crippen molar-refractivity contribution in [3.05, 3.63) is 53.6 Å². The summed E-state index contributed by atoms with van der Waals surface area (Å²) >= 11 is 0. The number of hydrogen-bond donors (Lipinski definition) is 0. The van der Waals surface area contributed by atoms with Crippen molar-refractivity contribution in [2.75, 3.05) is 18.2 Å². The minimum atomic E-state index is -0.286. The molecular weight excluding hydrogens is 264 g/mol. The quantitative estimate of drug-likeness (QED) is 0.804. The first kappa shape index (κ1) is 12.1. The monoisotopic (exact) mass is 278 g/mol. The summed E-state index contributed by atoms with van der Waals surface area (Å²) in [7, 11) is 0. The molecule has 0 N–H and O–H groups in total. The van der Waals surface area contributed by atoms with Gasteiger partial charge in [-0.2, -0.15) is 5.26 Å². The molecule has 4 heteroatoms. The number of fused-ring (bicyclic) bond motifs is 2. The van der Waals surface area contributed by atoms with Gasteiger partial charge in [-0.05, 0) is 41.8 Å². The topological polar surface area (TPSA) is 45.5 Å². The van der Waals surface area contributed by atoms with Crippen LogP contribution in [-0.2, 0) is 6.42 Å². The molecule has 2 aromatic carbocycles. The second kappa shape index (κ2) is 4.71. The van der Waals surface area contributed by atoms with E-state index in [2.05, 4.69) is 11.0 Å². The van der Waals surface area contributed by atoms with Gasteiger partial charge >= 0.3 is 0 Å². The van der Waals surface area contributed by atoms with Gasteiger partial charge in [0.2, 0.25) is 6.79 Å². The van der Waals surface area contributed by atoms with Crippen LogP contribution in [0.15, 0.2) is 42.5 Å². The van der Waals surface area contributed by atoms with Crippen molar-refractivity contribution in [1.29, 1.82) is 5.26 Å². The fourth-order valence-electron chi connectivity index (χ4n) is 3.05. The molecule has 0 amide bonds. The Morgan fingerprint density at radius 2 is 1.86 bits per heavy atom. The first-order valence-electron chi connectivity index (χ1n) is 7.00. The normalized spacial score (nSPS) is 19.0. The Morgan fingerprint density at radius 3 is 2.62 bits per heavy atom. The summed E-state index contributed by atoms with van der Waals surface area (Å²) < 4.78 is 10.9. The summed E-state index contributed by atoms with van der Waals surface area (Å²) in [6, 6.07) is 16.2. The molecular formula is C17H14N2O2. The highest BCUT2D eigenvalue weighted by Gasteiger charge is 2.30. The predicted octanol–water partition coefficient (Wildman–Crippen LogP) is 3.04. The van der Waals surface area contributed by atoms with Crippen molar-refractivity contribution in [1.82, 2.24) is 0 Å². The first-order chi connectivity index (χ1) is 10.4. The van der Waals surface area contributed by atoms with E-state index in [1.54, 1.807) is 0 Å². The fourth-order valence-corrected chi connectivity index (χ4v) is 3.05. The van der Waals surface area contributed by atoms with Gasteiger partial charge in [-0.25, -0.2) is 0 Å². The van der Waals surface area contributed by atoms with E-state index in [9.17, 15) is 5.26 Å². The average molecular weight is 278 g/mol. The standard InChI is InChI=1S/C17H14N2O2/c18-10-15-14-9-17-16(20-11-21-17)8-12(14)6-7-19(15)13-4-2-1-3-5-13/h1-5,8-9,15H,6-7,11H2. The largest absolute Gasteiger partial charge is 0.454 e. The minimum absolute atomic E-state index is 0.262. The fraction of sp³-hybridized carbons (Fsp3) is 0.235. The van der Waals surface area contributed by atoms with Crippen LogP contribution >= 0.6 is 0 Å². The van der Waals surface area contributed by atoms with E-state index in [4.69, 9.17) is 9.47 Å². The van der Waals surface area contributed by atoms with Crippen LogP contribution in [0.2, 0.25) is 0 Å². The van der Waals surface area contributed by atoms with E-state index in [0.29, 0.717) is 0 Å². The van der Waals surface area contributed by atoms with Crippen molar-refractivity contribution in [2.24, 2.45) is 0 Å². The summed E-state index contributed by atoms with van der Waals surface area (Å²) in [6.07, 6.45) is 0.902. The highest BCUT2D eigenvalue weighted by molar-refractivity contribution is 5.58. The highest BCUT2D eigenvalue weighted by atomic mass is 16.7. The van der Waals surface area contributed by atoms with Gasteiger partial charge in [0.15, 0.2) is 11.5 Å². The minimum Gasteiger partial charge on any atom is -0.454 e. The number of benzene rings is 2. The molecule has 0 saturated heterocycles. The molecule has 4 nitrogen and oxygen atoms in total. The summed E-state index contributed by atoms with van der Waals surface area (Å²) in [6.45, 7) is 1.09. The van der Waals surface area contributed by atoms with Crippen LogP contribution < -0.4 is 14.4 Å². The maximum atomic E-state index is 9.65. The zero-order chi connectivity index (χ0) is 14.2. The third-order valence-electron chi connectivity index (χ3n) is 4.07. The first-order valence-corrected chi connectivity index (χ1v) is 7.00. The number of rotatable bonds is 1. The van der Waals surface area contributed by atoms with Gasteiger partial charge < -0.3 is 14.4 Å². The molecule has 2 aliphatic rings. The second-order valence-electron chi connectivity index (χ2n) is 5.21. The lowest BCUT2D eigenvalue weighted by Gasteiger charge is -2.35. The van der Waals surface area contributed by atoms with Gasteiger partial charge in [0.05, 0.1) is 6.07 Å². The molecule has 2 heterocycles. The second-order valence-corrected chi connectivity index (χ2v) is 5.21. The smallest absolute Gasteiger partial charge is 0.231 e. The number of hydrogen-bond acceptors (Lipinski definition) is 4. The summed E-state index contributed by atoms with van der Waals surface area (Å²) in [5.41, 5.74) is 3.28. The van der Waals surface area contributed by atoms with E-state index in [1.165, 1.54) is 5.56 Å². The van der Waals surface area contributed by atoms with Gasteiger partial charge in [-0.1, -0.05) is 18.2 Å². The van der Waals surface area contributed by atoms with Gasteiger partial charge in [-0.15, -0.1) is 0 Å². The van der Waals surface area contributed by atoms with E-state index >= 15 is 0 Å². The third kappa shape index (κ3) is 1.90. The Morgan fingerprint density at radius 1 is 1.10 bits per heavy atom. The number of nitriles is 1. The Kier molecular flexibility index (Phi) is 2.71. The number of para-hydroxylation sites is 1. The maximum absolute atomic E-state index is 9.65. The van der Waals surface area contributed by atoms with Crippen molar-refractivity contribution in [3.63, 3.8) is 0 Å². The average Bonchev–Trinajstić information content (AvgIpc) is 2.99. The molecule has 0 radical (unpaired) electrons. The van der Waals surface area contributed by atoms with Crippen LogP contribution in [0.4, 0.5) is 5.69 Å². The maximum Gasteiger partial charge on any atom is 0.231 e. The SMILES string of the molecule is N#CC1c2cc3c(cc2CCN1c1ccccc1)OCO3. The zero-order valence-corrected chi connectivity index (χ0v) is 11.5. The lowest BCUT2D eigenvalue weighted by molar-refractivity contribution is 0.174. The van der Waals surface area contributed by atoms with Crippen LogP contribution in [0.25, 0.3) is 0 Å². The van der Waals surface area contributed by atoms with E-state index < -0.39 is 0 Å². The molecule has 0 aliphatic carbocycles. The summed E-state index contributed by atoms with van der Waals surface area (Å²) in [4.78, 5) is 2.14. The molecule has 0 aromatic heterocycles. The van der Waals surface area contributed by atoms with Gasteiger partial charge in [0.1, 0.15) is 6.04 Å². The number of nitrogens with zero attached hydrogens (tertiary/aromatic N) is 2. The Hall–Kier alpha value is -2.67. The van der Waals surface area contributed by atoms with Crippen molar-refractivity contribution < 1.29 is 9.47 Å². The Bertz CT molecular complexity index is 722. The molecule has 1 atom stereocenters. The number of ether oxygens (including phenoxy) is 2. The van der Waals surface area contributed by atoms with Crippen LogP contribution in [0, 0.1) is 11.3 Å². The summed E-state index contributed by atoms with van der Waals surface area (Å²) in [5, 5.41) is 9.65. The van der Waals surface area contributed by atoms with Crippen molar-refractivity contribution in [2.45, 2.75) is 12.5 Å². The van der Waals surface area contributed by atoms with E-state index in [1.807, 2.05) is 42.5 Å². The Balaban J connectivity index is 1.79. The molecule has 2 aromatic rings. The highest BCUT2D eigenvalue weighted by Crippen LogP contribution is 2.41. The van der Waals surface area contributed by atoms with Crippen molar-refractivity contribution >= 4 is 5.69 Å². The molecule has 21 heavy (non-hydrogen) atoms. The third-order valence-corrected chi connectivity index (χ3v) is 4.07. The molecule has 4 rings (SSSR count).